The molecule has 0 fully saturated rings. The Labute approximate surface area is 170 Å². The van der Waals surface area contributed by atoms with Crippen molar-refractivity contribution in [1.29, 1.82) is 0 Å². The Morgan fingerprint density at radius 3 is 2.43 bits per heavy atom. The van der Waals surface area contributed by atoms with Crippen LogP contribution in [0, 0.1) is 0 Å². The molecule has 0 saturated carbocycles. The van der Waals surface area contributed by atoms with E-state index in [1.54, 1.807) is 30.3 Å². The van der Waals surface area contributed by atoms with Gasteiger partial charge in [0.1, 0.15) is 12.6 Å². The summed E-state index contributed by atoms with van der Waals surface area (Å²) in [5.41, 5.74) is -3.79. The average Bonchev–Trinajstić information content (AvgIpc) is 2.71. The maximum atomic E-state index is 12.8. The summed E-state index contributed by atoms with van der Waals surface area (Å²) in [6, 6.07) is 10.7. The molecular formula is C19H18F3NO6S. The Morgan fingerprint density at radius 2 is 1.80 bits per heavy atom. The fourth-order valence-corrected chi connectivity index (χ4v) is 3.37. The highest BCUT2D eigenvalue weighted by atomic mass is 32.2. The zero-order valence-electron chi connectivity index (χ0n) is 15.7. The van der Waals surface area contributed by atoms with E-state index in [2.05, 4.69) is 9.50 Å². The summed E-state index contributed by atoms with van der Waals surface area (Å²) in [4.78, 5) is 11.8. The minimum absolute atomic E-state index is 0.0271. The Morgan fingerprint density at radius 1 is 1.13 bits per heavy atom. The second kappa shape index (κ2) is 8.52. The molecule has 0 spiro atoms. The van der Waals surface area contributed by atoms with Crippen molar-refractivity contribution < 1.29 is 40.0 Å². The number of carbonyl (C=O) groups is 1. The number of fused-ring (bicyclic) bond motifs is 1. The maximum absolute atomic E-state index is 12.8. The molecule has 1 heterocycles. The molecule has 30 heavy (non-hydrogen) atoms. The summed E-state index contributed by atoms with van der Waals surface area (Å²) in [7, 11) is -4.64. The highest BCUT2D eigenvalue weighted by molar-refractivity contribution is 7.88. The zero-order valence-corrected chi connectivity index (χ0v) is 16.5. The van der Waals surface area contributed by atoms with Gasteiger partial charge in [0.2, 0.25) is 0 Å². The number of carbonyl (C=O) groups excluding carboxylic acids is 1. The molecule has 0 saturated heterocycles. The summed E-state index contributed by atoms with van der Waals surface area (Å²) in [6.45, 7) is 0.0806. The number of hydrogen-bond acceptors (Lipinski definition) is 7. The molecule has 1 aliphatic heterocycles. The molecule has 1 N–H and O–H groups in total. The van der Waals surface area contributed by atoms with Crippen LogP contribution in [0.25, 0.3) is 0 Å². The van der Waals surface area contributed by atoms with Crippen LogP contribution < -0.4 is 14.2 Å². The van der Waals surface area contributed by atoms with E-state index in [1.807, 2.05) is 0 Å². The molecular weight excluding hydrogens is 427 g/mol. The number of ether oxygens (including phenoxy) is 2. The number of halogens is 3. The van der Waals surface area contributed by atoms with Crippen molar-refractivity contribution >= 4 is 16.1 Å². The number of rotatable bonds is 6. The fraction of sp³-hybridized carbons (Fsp3) is 0.316. The second-order valence-corrected chi connectivity index (χ2v) is 8.02. The van der Waals surface area contributed by atoms with E-state index in [0.717, 1.165) is 0 Å². The van der Waals surface area contributed by atoms with Gasteiger partial charge in [-0.15, -0.1) is 0 Å². The lowest BCUT2D eigenvalue weighted by Gasteiger charge is -2.26. The van der Waals surface area contributed by atoms with Crippen LogP contribution in [0.15, 0.2) is 42.5 Å². The number of nitrogens with one attached hydrogen (secondary N) is 1. The fourth-order valence-electron chi connectivity index (χ4n) is 2.91. The molecule has 2 aromatic carbocycles. The highest BCUT2D eigenvalue weighted by Crippen LogP contribution is 2.37. The number of benzene rings is 2. The lowest BCUT2D eigenvalue weighted by atomic mass is 9.95. The zero-order chi connectivity index (χ0) is 21.9. The van der Waals surface area contributed by atoms with Crippen LogP contribution in [-0.4, -0.2) is 33.0 Å². The Hall–Kier alpha value is -2.79. The van der Waals surface area contributed by atoms with Gasteiger partial charge in [0.25, 0.3) is 0 Å². The van der Waals surface area contributed by atoms with Gasteiger partial charge in [0, 0.05) is 6.54 Å². The van der Waals surface area contributed by atoms with Crippen LogP contribution in [-0.2, 0) is 39.2 Å². The molecule has 2 aromatic rings. The topological polar surface area (TPSA) is 90.9 Å². The molecule has 0 radical (unpaired) electrons. The van der Waals surface area contributed by atoms with Gasteiger partial charge in [-0.05, 0) is 35.2 Å². The predicted octanol–water partition coefficient (Wildman–Crippen LogP) is 2.68. The molecule has 1 aliphatic rings. The molecule has 1 atom stereocenters. The molecule has 162 valence electrons. The van der Waals surface area contributed by atoms with Crippen molar-refractivity contribution in [3.63, 3.8) is 0 Å². The van der Waals surface area contributed by atoms with Gasteiger partial charge in [-0.2, -0.15) is 21.6 Å². The smallest absolute Gasteiger partial charge is 0.485 e. The van der Waals surface area contributed by atoms with Gasteiger partial charge < -0.3 is 19.0 Å². The van der Waals surface area contributed by atoms with Crippen LogP contribution >= 0.6 is 0 Å². The Bertz CT molecular complexity index is 1020. The van der Waals surface area contributed by atoms with E-state index in [1.165, 1.54) is 19.2 Å². The number of hydrogen-bond donors (Lipinski definition) is 1. The lowest BCUT2D eigenvalue weighted by Crippen LogP contribution is -2.42. The van der Waals surface area contributed by atoms with Gasteiger partial charge in [-0.25, -0.2) is 0 Å². The largest absolute Gasteiger partial charge is 0.534 e. The first kappa shape index (κ1) is 21.9. The molecule has 3 rings (SSSR count). The van der Waals surface area contributed by atoms with Crippen LogP contribution in [0.1, 0.15) is 16.7 Å². The molecule has 0 amide bonds. The third kappa shape index (κ3) is 4.85. The number of methoxy groups -OCH3 is 1. The van der Waals surface area contributed by atoms with E-state index in [-0.39, 0.29) is 25.3 Å². The van der Waals surface area contributed by atoms with Crippen molar-refractivity contribution in [2.24, 2.45) is 0 Å². The second-order valence-electron chi connectivity index (χ2n) is 6.49. The van der Waals surface area contributed by atoms with Crippen LogP contribution in [0.4, 0.5) is 13.2 Å². The van der Waals surface area contributed by atoms with Crippen molar-refractivity contribution in [3.05, 3.63) is 59.2 Å². The first-order chi connectivity index (χ1) is 14.1. The van der Waals surface area contributed by atoms with E-state index >= 15 is 0 Å². The number of alkyl halides is 3. The van der Waals surface area contributed by atoms with Crippen LogP contribution in [0.2, 0.25) is 0 Å². The van der Waals surface area contributed by atoms with E-state index < -0.39 is 33.4 Å². The van der Waals surface area contributed by atoms with Gasteiger partial charge in [-0.1, -0.05) is 30.3 Å². The summed E-state index contributed by atoms with van der Waals surface area (Å²) in [6.07, 6.45) is 0.190. The van der Waals surface area contributed by atoms with Crippen LogP contribution in [0.3, 0.4) is 0 Å². The van der Waals surface area contributed by atoms with Gasteiger partial charge in [0.15, 0.2) is 11.5 Å². The Balaban J connectivity index is 1.94. The molecule has 0 unspecified atom stereocenters. The van der Waals surface area contributed by atoms with Gasteiger partial charge in [0.05, 0.1) is 7.11 Å². The summed E-state index contributed by atoms with van der Waals surface area (Å²) in [5, 5.41) is 2.88. The molecule has 11 heteroatoms. The summed E-state index contributed by atoms with van der Waals surface area (Å²) < 4.78 is 76.1. The van der Waals surface area contributed by atoms with Crippen molar-refractivity contribution in [2.75, 3.05) is 7.11 Å². The van der Waals surface area contributed by atoms with E-state index in [0.29, 0.717) is 16.7 Å². The standard InChI is InChI=1S/C19H18F3NO6S/c1-27-18(24)15-7-13-8-16(28-11-12-5-3-2-4-6-12)17(9-14(13)10-23-15)29-30(25,26)19(20,21)22/h2-6,8-9,15,23H,7,10-11H2,1H3/t15-/m0/s1. The normalized spacial score (nSPS) is 16.5. The van der Waals surface area contributed by atoms with E-state index in [4.69, 9.17) is 9.47 Å². The first-order valence-corrected chi connectivity index (χ1v) is 10.2. The first-order valence-electron chi connectivity index (χ1n) is 8.75. The third-order valence-electron chi connectivity index (χ3n) is 4.43. The van der Waals surface area contributed by atoms with E-state index in [9.17, 15) is 26.4 Å². The maximum Gasteiger partial charge on any atom is 0.534 e. The van der Waals surface area contributed by atoms with Crippen molar-refractivity contribution in [2.45, 2.75) is 31.1 Å². The number of esters is 1. The highest BCUT2D eigenvalue weighted by Gasteiger charge is 2.49. The van der Waals surface area contributed by atoms with Gasteiger partial charge >= 0.3 is 21.6 Å². The predicted molar refractivity (Wildman–Crippen MR) is 99.2 cm³/mol. The summed E-state index contributed by atoms with van der Waals surface area (Å²) in [5.74, 6) is -1.26. The SMILES string of the molecule is COC(=O)[C@@H]1Cc2cc(OCc3ccccc3)c(OS(=O)(=O)C(F)(F)F)cc2CN1. The quantitative estimate of drug-likeness (QED) is 0.415. The Kier molecular flexibility index (Phi) is 6.22. The van der Waals surface area contributed by atoms with Crippen LogP contribution in [0.5, 0.6) is 11.5 Å². The molecule has 0 bridgehead atoms. The average molecular weight is 445 g/mol. The minimum Gasteiger partial charge on any atom is -0.485 e. The van der Waals surface area contributed by atoms with Crippen molar-refractivity contribution in [3.8, 4) is 11.5 Å². The molecule has 7 nitrogen and oxygen atoms in total. The molecule has 0 aromatic heterocycles. The monoisotopic (exact) mass is 445 g/mol. The van der Waals surface area contributed by atoms with Gasteiger partial charge in [-0.3, -0.25) is 4.79 Å². The summed E-state index contributed by atoms with van der Waals surface area (Å²) >= 11 is 0. The van der Waals surface area contributed by atoms with Crippen molar-refractivity contribution in [1.82, 2.24) is 5.32 Å². The minimum atomic E-state index is -5.89. The third-order valence-corrected chi connectivity index (χ3v) is 5.40. The lowest BCUT2D eigenvalue weighted by molar-refractivity contribution is -0.143. The molecule has 0 aliphatic carbocycles.